The molecule has 4 rings (SSSR count). The molecule has 180 valence electrons. The Balaban J connectivity index is 0.000000499. The van der Waals surface area contributed by atoms with Crippen molar-refractivity contribution in [3.63, 3.8) is 0 Å². The van der Waals surface area contributed by atoms with Crippen LogP contribution in [0.4, 0.5) is 0 Å². The van der Waals surface area contributed by atoms with Crippen LogP contribution in [-0.2, 0) is 21.7 Å². The first kappa shape index (κ1) is 31.8. The van der Waals surface area contributed by atoms with Crippen molar-refractivity contribution in [1.29, 1.82) is 0 Å². The fourth-order valence-electron chi connectivity index (χ4n) is 2.58. The van der Waals surface area contributed by atoms with Crippen molar-refractivity contribution < 1.29 is 61.3 Å². The van der Waals surface area contributed by atoms with Gasteiger partial charge in [-0.05, 0) is 12.2 Å². The number of carbonyl (C=O) groups excluding carboxylic acids is 4. The third-order valence-electron chi connectivity index (χ3n) is 3.85. The fraction of sp³-hybridized carbons (Fsp3) is 0.231. The molecule has 35 heavy (non-hydrogen) atoms. The van der Waals surface area contributed by atoms with Crippen molar-refractivity contribution in [3.8, 4) is 0 Å². The first-order chi connectivity index (χ1) is 15.9. The summed E-state index contributed by atoms with van der Waals surface area (Å²) >= 11 is 0. The van der Waals surface area contributed by atoms with E-state index in [1.165, 1.54) is 12.1 Å². The zero-order valence-corrected chi connectivity index (χ0v) is 21.3. The minimum absolute atomic E-state index is 0. The van der Waals surface area contributed by atoms with E-state index in [-0.39, 0.29) is 44.4 Å². The number of Topliss-reactive ketones (excluding diaryl/α,β-unsaturated/α-hetero) is 2. The van der Waals surface area contributed by atoms with Gasteiger partial charge in [-0.25, -0.2) is 0 Å². The molecule has 0 atom stereocenters. The van der Waals surface area contributed by atoms with Crippen LogP contribution in [0.3, 0.4) is 0 Å². The van der Waals surface area contributed by atoms with Gasteiger partial charge in [0.25, 0.3) is 0 Å². The third kappa shape index (κ3) is 9.92. The topological polar surface area (TPSA) is 161 Å². The van der Waals surface area contributed by atoms with Crippen molar-refractivity contribution in [3.05, 3.63) is 94.5 Å². The van der Waals surface area contributed by atoms with Gasteiger partial charge in [0.2, 0.25) is 0 Å². The van der Waals surface area contributed by atoms with Gasteiger partial charge < -0.3 is 20.4 Å². The summed E-state index contributed by atoms with van der Waals surface area (Å²) in [7, 11) is 0. The monoisotopic (exact) mass is 512 g/mol. The molecule has 9 heteroatoms. The second-order valence-electron chi connectivity index (χ2n) is 7.59. The fourth-order valence-corrected chi connectivity index (χ4v) is 2.58. The van der Waals surface area contributed by atoms with Crippen molar-refractivity contribution in [2.45, 2.75) is 39.9 Å². The summed E-state index contributed by atoms with van der Waals surface area (Å²) in [6.07, 6.45) is 0.843. The van der Waals surface area contributed by atoms with E-state index in [9.17, 15) is 39.6 Å². The molecule has 0 spiro atoms. The molecule has 0 aromatic heterocycles. The predicted molar refractivity (Wildman–Crippen MR) is 117 cm³/mol. The van der Waals surface area contributed by atoms with Crippen LogP contribution in [0.25, 0.3) is 0 Å². The van der Waals surface area contributed by atoms with Gasteiger partial charge in [-0.15, -0.1) is 12.2 Å². The Morgan fingerprint density at radius 2 is 0.771 bits per heavy atom. The van der Waals surface area contributed by atoms with Gasteiger partial charge in [-0.1, -0.05) is 87.7 Å². The van der Waals surface area contributed by atoms with Crippen LogP contribution in [-0.4, -0.2) is 35.3 Å². The number of hydrogen-bond acceptors (Lipinski definition) is 8. The number of benzene rings is 2. The molecular weight excluding hydrogens is 488 g/mol. The number of carbonyl (C=O) groups is 4. The number of hydrogen-bond donors (Lipinski definition) is 0. The van der Waals surface area contributed by atoms with Crippen LogP contribution in [0.1, 0.15) is 69.1 Å². The number of ketones is 4. The Kier molecular flexibility index (Phi) is 13.6. The maximum Gasteiger partial charge on any atom is 4.00 e. The summed E-state index contributed by atoms with van der Waals surface area (Å²) in [6.45, 7) is 6.44. The standard InChI is InChI=1S/2C10H6O3.2C3H7O.Ti/c2*11-8-5-9(12)10(13)7-4-2-1-3-6(7)8;2*1-3(2)4;/h2*1-5,12H;2*3H,1-2H3;/q;;2*-1;+4/p-2. The second-order valence-corrected chi connectivity index (χ2v) is 7.59. The van der Waals surface area contributed by atoms with Crippen molar-refractivity contribution in [2.75, 3.05) is 0 Å². The van der Waals surface area contributed by atoms with Gasteiger partial charge >= 0.3 is 21.7 Å². The summed E-state index contributed by atoms with van der Waals surface area (Å²) in [5.41, 5.74) is 1.04. The van der Waals surface area contributed by atoms with E-state index in [4.69, 9.17) is 0 Å². The van der Waals surface area contributed by atoms with Crippen LogP contribution < -0.4 is 20.4 Å². The smallest absolute Gasteiger partial charge is 0.870 e. The number of allylic oxidation sites excluding steroid dienone is 4. The zero-order valence-electron chi connectivity index (χ0n) is 19.7. The van der Waals surface area contributed by atoms with Gasteiger partial charge in [0.05, 0.1) is 0 Å². The molecular formula is C26H24O8Ti. The summed E-state index contributed by atoms with van der Waals surface area (Å²) in [6, 6.07) is 12.6. The molecule has 0 radical (unpaired) electrons. The summed E-state index contributed by atoms with van der Waals surface area (Å²) in [4.78, 5) is 44.9. The Hall–Kier alpha value is -3.17. The molecule has 0 amide bonds. The maximum atomic E-state index is 11.2. The molecule has 2 aromatic rings. The average Bonchev–Trinajstić information content (AvgIpc) is 2.76. The Labute approximate surface area is 218 Å². The molecule has 0 unspecified atom stereocenters. The molecule has 2 aliphatic rings. The van der Waals surface area contributed by atoms with Crippen molar-refractivity contribution >= 4 is 23.1 Å². The van der Waals surface area contributed by atoms with E-state index in [2.05, 4.69) is 0 Å². The second kappa shape index (κ2) is 15.0. The number of rotatable bonds is 0. The molecule has 2 aliphatic carbocycles. The molecule has 0 fully saturated rings. The summed E-state index contributed by atoms with van der Waals surface area (Å²) < 4.78 is 0. The van der Waals surface area contributed by atoms with E-state index < -0.39 is 35.3 Å². The molecule has 0 bridgehead atoms. The summed E-state index contributed by atoms with van der Waals surface area (Å²) in [5.74, 6) is -3.45. The van der Waals surface area contributed by atoms with Crippen LogP contribution in [0.15, 0.2) is 72.2 Å². The van der Waals surface area contributed by atoms with Crippen molar-refractivity contribution in [1.82, 2.24) is 0 Å². The van der Waals surface area contributed by atoms with E-state index in [0.717, 1.165) is 12.2 Å². The zero-order chi connectivity index (χ0) is 26.0. The maximum absolute atomic E-state index is 11.2. The quantitative estimate of drug-likeness (QED) is 0.450. The molecule has 0 saturated carbocycles. The third-order valence-corrected chi connectivity index (χ3v) is 3.85. The predicted octanol–water partition coefficient (Wildman–Crippen LogP) is 0.127. The molecule has 0 saturated heterocycles. The van der Waals surface area contributed by atoms with E-state index in [0.29, 0.717) is 11.1 Å². The van der Waals surface area contributed by atoms with E-state index in [1.54, 1.807) is 64.1 Å². The minimum atomic E-state index is -0.733. The average molecular weight is 512 g/mol. The van der Waals surface area contributed by atoms with E-state index in [1.807, 2.05) is 0 Å². The summed E-state index contributed by atoms with van der Waals surface area (Å²) in [5, 5.41) is 40.9. The number of fused-ring (bicyclic) bond motifs is 2. The van der Waals surface area contributed by atoms with Gasteiger partial charge in [-0.3, -0.25) is 19.2 Å². The Morgan fingerprint density at radius 3 is 1.03 bits per heavy atom. The van der Waals surface area contributed by atoms with Crippen molar-refractivity contribution in [2.24, 2.45) is 0 Å². The molecule has 2 aromatic carbocycles. The van der Waals surface area contributed by atoms with Crippen LogP contribution >= 0.6 is 0 Å². The first-order valence-corrected chi connectivity index (χ1v) is 10.3. The van der Waals surface area contributed by atoms with Crippen LogP contribution in [0.2, 0.25) is 0 Å². The van der Waals surface area contributed by atoms with Crippen LogP contribution in [0.5, 0.6) is 0 Å². The largest absolute Gasteiger partial charge is 4.00 e. The first-order valence-electron chi connectivity index (χ1n) is 10.3. The molecule has 0 aliphatic heterocycles. The molecule has 8 nitrogen and oxygen atoms in total. The van der Waals surface area contributed by atoms with Crippen LogP contribution in [0, 0.1) is 0 Å². The molecule has 0 heterocycles. The molecule has 0 N–H and O–H groups in total. The normalized spacial score (nSPS) is 13.4. The minimum Gasteiger partial charge on any atom is -0.870 e. The Bertz CT molecular complexity index is 1030. The Morgan fingerprint density at radius 1 is 0.543 bits per heavy atom. The van der Waals surface area contributed by atoms with E-state index >= 15 is 0 Å². The van der Waals surface area contributed by atoms with Gasteiger partial charge in [-0.2, -0.15) is 0 Å². The SMILES string of the molecule is CC(C)[O-].CC(C)[O-].O=C1C=C([O-])C(=O)c2ccccc21.O=C1C=C([O-])C(=O)c2ccccc21.[Ti+4]. The van der Waals surface area contributed by atoms with Gasteiger partial charge in [0.15, 0.2) is 23.1 Å². The van der Waals surface area contributed by atoms with Gasteiger partial charge in [0, 0.05) is 22.3 Å². The van der Waals surface area contributed by atoms with Gasteiger partial charge in [0.1, 0.15) is 0 Å².